The van der Waals surface area contributed by atoms with Gasteiger partial charge in [-0.05, 0) is 39.8 Å². The zero-order valence-corrected chi connectivity index (χ0v) is 13.3. The number of rotatable bonds is 8. The van der Waals surface area contributed by atoms with Crippen LogP contribution in [0.25, 0.3) is 0 Å². The molecule has 1 fully saturated rings. The van der Waals surface area contributed by atoms with E-state index in [-0.39, 0.29) is 0 Å². The third kappa shape index (κ3) is 6.95. The number of unbranched alkanes of at least 4 members (excludes halogenated alkanes) is 1. The van der Waals surface area contributed by atoms with E-state index in [9.17, 15) is 0 Å². The molecular weight excluding hydrogens is 236 g/mol. The standard InChI is InChI=1S/C16H32N2O/c1-5-6-9-15-10-7-8-11-16(15)17-19-13-14(2)12-18(3)4/h14-15H,5-13H2,1-4H3/b17-16+. The Morgan fingerprint density at radius 2 is 2.16 bits per heavy atom. The molecule has 112 valence electrons. The highest BCUT2D eigenvalue weighted by molar-refractivity contribution is 5.86. The summed E-state index contributed by atoms with van der Waals surface area (Å²) in [5.41, 5.74) is 1.33. The maximum Gasteiger partial charge on any atom is 0.120 e. The zero-order valence-electron chi connectivity index (χ0n) is 13.3. The molecule has 0 spiro atoms. The smallest absolute Gasteiger partial charge is 0.120 e. The average Bonchev–Trinajstić information content (AvgIpc) is 2.36. The molecule has 2 unspecified atom stereocenters. The van der Waals surface area contributed by atoms with Crippen molar-refractivity contribution in [3.05, 3.63) is 0 Å². The minimum absolute atomic E-state index is 0.539. The fourth-order valence-corrected chi connectivity index (χ4v) is 2.87. The molecule has 0 bridgehead atoms. The number of oxime groups is 1. The second kappa shape index (κ2) is 9.35. The van der Waals surface area contributed by atoms with Crippen LogP contribution in [0.4, 0.5) is 0 Å². The first kappa shape index (κ1) is 16.5. The maximum absolute atomic E-state index is 5.61. The van der Waals surface area contributed by atoms with Crippen molar-refractivity contribution in [1.82, 2.24) is 4.90 Å². The van der Waals surface area contributed by atoms with Gasteiger partial charge < -0.3 is 9.74 Å². The van der Waals surface area contributed by atoms with Crippen molar-refractivity contribution in [2.24, 2.45) is 17.0 Å². The van der Waals surface area contributed by atoms with Gasteiger partial charge >= 0.3 is 0 Å². The Bertz CT molecular complexity index is 263. The van der Waals surface area contributed by atoms with Crippen LogP contribution >= 0.6 is 0 Å². The van der Waals surface area contributed by atoms with Crippen LogP contribution in [0.15, 0.2) is 5.16 Å². The molecule has 19 heavy (non-hydrogen) atoms. The first-order chi connectivity index (χ1) is 9.13. The van der Waals surface area contributed by atoms with Crippen LogP contribution in [0.1, 0.15) is 58.8 Å². The van der Waals surface area contributed by atoms with Crippen molar-refractivity contribution >= 4 is 5.71 Å². The topological polar surface area (TPSA) is 24.8 Å². The lowest BCUT2D eigenvalue weighted by Gasteiger charge is -2.23. The largest absolute Gasteiger partial charge is 0.396 e. The van der Waals surface area contributed by atoms with E-state index in [1.165, 1.54) is 44.2 Å². The molecule has 0 aromatic carbocycles. The molecule has 1 rings (SSSR count). The van der Waals surface area contributed by atoms with E-state index in [0.717, 1.165) is 19.6 Å². The quantitative estimate of drug-likeness (QED) is 0.623. The molecule has 2 atom stereocenters. The van der Waals surface area contributed by atoms with Crippen LogP contribution in [-0.4, -0.2) is 37.9 Å². The van der Waals surface area contributed by atoms with Crippen LogP contribution in [0.2, 0.25) is 0 Å². The first-order valence-electron chi connectivity index (χ1n) is 7.97. The molecule has 0 radical (unpaired) electrons. The van der Waals surface area contributed by atoms with E-state index in [1.807, 2.05) is 0 Å². The summed E-state index contributed by atoms with van der Waals surface area (Å²) in [5, 5.41) is 4.46. The molecule has 0 amide bonds. The Hall–Kier alpha value is -0.570. The number of hydrogen-bond acceptors (Lipinski definition) is 3. The van der Waals surface area contributed by atoms with Gasteiger partial charge in [0.15, 0.2) is 0 Å². The van der Waals surface area contributed by atoms with Crippen molar-refractivity contribution in [3.8, 4) is 0 Å². The monoisotopic (exact) mass is 268 g/mol. The summed E-state index contributed by atoms with van der Waals surface area (Å²) < 4.78 is 0. The summed E-state index contributed by atoms with van der Waals surface area (Å²) in [6.07, 6.45) is 9.02. The lowest BCUT2D eigenvalue weighted by Crippen LogP contribution is -2.23. The second-order valence-electron chi connectivity index (χ2n) is 6.33. The Morgan fingerprint density at radius 1 is 1.37 bits per heavy atom. The Kier molecular flexibility index (Phi) is 8.11. The maximum atomic E-state index is 5.61. The van der Waals surface area contributed by atoms with Crippen molar-refractivity contribution in [2.45, 2.75) is 58.8 Å². The Labute approximate surface area is 119 Å². The van der Waals surface area contributed by atoms with Gasteiger partial charge in [-0.2, -0.15) is 0 Å². The number of hydrogen-bond donors (Lipinski definition) is 0. The zero-order chi connectivity index (χ0) is 14.1. The summed E-state index contributed by atoms with van der Waals surface area (Å²) in [5.74, 6) is 1.23. The van der Waals surface area contributed by atoms with E-state index < -0.39 is 0 Å². The molecule has 1 saturated carbocycles. The fraction of sp³-hybridized carbons (Fsp3) is 0.938. The van der Waals surface area contributed by atoms with Crippen LogP contribution < -0.4 is 0 Å². The van der Waals surface area contributed by atoms with Gasteiger partial charge in [0.25, 0.3) is 0 Å². The average molecular weight is 268 g/mol. The molecule has 0 saturated heterocycles. The SMILES string of the molecule is CCCCC1CCCC/C1=N\OCC(C)CN(C)C. The van der Waals surface area contributed by atoms with E-state index in [2.05, 4.69) is 38.0 Å². The van der Waals surface area contributed by atoms with Crippen molar-refractivity contribution in [3.63, 3.8) is 0 Å². The van der Waals surface area contributed by atoms with Crippen LogP contribution in [0, 0.1) is 11.8 Å². The highest BCUT2D eigenvalue weighted by Gasteiger charge is 2.20. The van der Waals surface area contributed by atoms with Crippen molar-refractivity contribution < 1.29 is 4.84 Å². The molecule has 0 heterocycles. The normalized spacial score (nSPS) is 23.8. The van der Waals surface area contributed by atoms with Gasteiger partial charge in [0.1, 0.15) is 6.61 Å². The fourth-order valence-electron chi connectivity index (χ4n) is 2.87. The molecule has 3 nitrogen and oxygen atoms in total. The van der Waals surface area contributed by atoms with Gasteiger partial charge in [0, 0.05) is 18.4 Å². The van der Waals surface area contributed by atoms with E-state index >= 15 is 0 Å². The minimum atomic E-state index is 0.539. The lowest BCUT2D eigenvalue weighted by atomic mass is 9.84. The molecule has 1 aliphatic carbocycles. The molecule has 0 aliphatic heterocycles. The first-order valence-corrected chi connectivity index (χ1v) is 7.97. The highest BCUT2D eigenvalue weighted by Crippen LogP contribution is 2.26. The molecule has 0 aromatic heterocycles. The lowest BCUT2D eigenvalue weighted by molar-refractivity contribution is 0.0993. The highest BCUT2D eigenvalue weighted by atomic mass is 16.6. The second-order valence-corrected chi connectivity index (χ2v) is 6.33. The van der Waals surface area contributed by atoms with Gasteiger partial charge in [0.05, 0.1) is 5.71 Å². The predicted octanol–water partition coefficient (Wildman–Crippen LogP) is 3.94. The minimum Gasteiger partial charge on any atom is -0.396 e. The summed E-state index contributed by atoms with van der Waals surface area (Å²) in [6, 6.07) is 0. The summed E-state index contributed by atoms with van der Waals surface area (Å²) in [7, 11) is 4.20. The predicted molar refractivity (Wildman–Crippen MR) is 82.6 cm³/mol. The molecular formula is C16H32N2O. The van der Waals surface area contributed by atoms with E-state index in [4.69, 9.17) is 4.84 Å². The van der Waals surface area contributed by atoms with E-state index in [0.29, 0.717) is 11.8 Å². The summed E-state index contributed by atoms with van der Waals surface area (Å²) in [4.78, 5) is 7.81. The summed E-state index contributed by atoms with van der Waals surface area (Å²) in [6.45, 7) is 6.28. The third-order valence-corrected chi connectivity index (χ3v) is 3.83. The van der Waals surface area contributed by atoms with Crippen molar-refractivity contribution in [2.75, 3.05) is 27.2 Å². The van der Waals surface area contributed by atoms with Gasteiger partial charge in [-0.1, -0.05) is 38.3 Å². The molecule has 1 aliphatic rings. The van der Waals surface area contributed by atoms with Gasteiger partial charge in [0.2, 0.25) is 0 Å². The van der Waals surface area contributed by atoms with Gasteiger partial charge in [-0.25, -0.2) is 0 Å². The van der Waals surface area contributed by atoms with Gasteiger partial charge in [-0.3, -0.25) is 0 Å². The summed E-state index contributed by atoms with van der Waals surface area (Å²) >= 11 is 0. The van der Waals surface area contributed by atoms with E-state index in [1.54, 1.807) is 0 Å². The molecule has 3 heteroatoms. The van der Waals surface area contributed by atoms with Crippen LogP contribution in [-0.2, 0) is 4.84 Å². The van der Waals surface area contributed by atoms with Crippen molar-refractivity contribution in [1.29, 1.82) is 0 Å². The number of nitrogens with zero attached hydrogens (tertiary/aromatic N) is 2. The Morgan fingerprint density at radius 3 is 2.84 bits per heavy atom. The molecule has 0 aromatic rings. The van der Waals surface area contributed by atoms with Gasteiger partial charge in [-0.15, -0.1) is 0 Å². The third-order valence-electron chi connectivity index (χ3n) is 3.83. The Balaban J connectivity index is 2.35. The molecule has 0 N–H and O–H groups in total. The van der Waals surface area contributed by atoms with Crippen LogP contribution in [0.3, 0.4) is 0 Å². The van der Waals surface area contributed by atoms with Crippen LogP contribution in [0.5, 0.6) is 0 Å².